The van der Waals surface area contributed by atoms with Crippen LogP contribution in [0.1, 0.15) is 33.6 Å². The minimum atomic E-state index is -0.222. The fourth-order valence-electron chi connectivity index (χ4n) is 2.22. The first kappa shape index (κ1) is 13.7. The molecule has 0 aromatic rings. The third-order valence-electron chi connectivity index (χ3n) is 3.53. The molecule has 0 radical (unpaired) electrons. The van der Waals surface area contributed by atoms with E-state index in [4.69, 9.17) is 4.74 Å². The van der Waals surface area contributed by atoms with Crippen LogP contribution in [0.3, 0.4) is 0 Å². The summed E-state index contributed by atoms with van der Waals surface area (Å²) in [6, 6.07) is 0. The molecule has 1 heterocycles. The highest BCUT2D eigenvalue weighted by Crippen LogP contribution is 2.20. The molecule has 0 aromatic carbocycles. The first-order valence-electron chi connectivity index (χ1n) is 6.19. The third kappa shape index (κ3) is 4.22. The van der Waals surface area contributed by atoms with Gasteiger partial charge in [-0.3, -0.25) is 4.79 Å². The van der Waals surface area contributed by atoms with E-state index in [0.717, 1.165) is 45.1 Å². The second-order valence-corrected chi connectivity index (χ2v) is 5.69. The van der Waals surface area contributed by atoms with Gasteiger partial charge in [-0.2, -0.15) is 0 Å². The minimum absolute atomic E-state index is 0.222. The molecular weight excluding hydrogens is 202 g/mol. The molecule has 0 amide bonds. The Bertz CT molecular complexity index is 232. The van der Waals surface area contributed by atoms with Crippen molar-refractivity contribution in [3.63, 3.8) is 0 Å². The van der Waals surface area contributed by atoms with E-state index in [9.17, 15) is 4.79 Å². The molecule has 1 aliphatic rings. The normalized spacial score (nSPS) is 19.1. The fraction of sp³-hybridized carbons (Fsp3) is 0.923. The largest absolute Gasteiger partial charge is 0.381 e. The number of carbonyl (C=O) groups is 1. The average molecular weight is 227 g/mol. The molecule has 3 nitrogen and oxygen atoms in total. The Balaban J connectivity index is 2.34. The maximum atomic E-state index is 11.4. The first-order chi connectivity index (χ1) is 7.42. The zero-order valence-electron chi connectivity index (χ0n) is 11.1. The lowest BCUT2D eigenvalue weighted by atomic mass is 9.88. The highest BCUT2D eigenvalue weighted by atomic mass is 16.5. The predicted octanol–water partition coefficient (Wildman–Crippen LogP) is 1.96. The molecule has 0 saturated carbocycles. The van der Waals surface area contributed by atoms with Crippen molar-refractivity contribution in [3.8, 4) is 0 Å². The molecule has 0 aromatic heterocycles. The Kier molecular flexibility index (Phi) is 4.93. The fourth-order valence-corrected chi connectivity index (χ4v) is 2.22. The lowest BCUT2D eigenvalue weighted by molar-refractivity contribution is -0.125. The molecule has 16 heavy (non-hydrogen) atoms. The van der Waals surface area contributed by atoms with Gasteiger partial charge in [0.05, 0.1) is 0 Å². The molecule has 1 rings (SSSR count). The average Bonchev–Trinajstić information content (AvgIpc) is 2.17. The second-order valence-electron chi connectivity index (χ2n) is 5.69. The van der Waals surface area contributed by atoms with Gasteiger partial charge in [0, 0.05) is 31.7 Å². The van der Waals surface area contributed by atoms with Gasteiger partial charge in [0.25, 0.3) is 0 Å². The molecule has 1 fully saturated rings. The molecule has 0 spiro atoms. The third-order valence-corrected chi connectivity index (χ3v) is 3.53. The lowest BCUT2D eigenvalue weighted by Gasteiger charge is -2.32. The smallest absolute Gasteiger partial charge is 0.136 e. The van der Waals surface area contributed by atoms with Crippen molar-refractivity contribution in [1.29, 1.82) is 0 Å². The van der Waals surface area contributed by atoms with Crippen LogP contribution in [0, 0.1) is 11.3 Å². The number of Topliss-reactive ketones (excluding diaryl/α,β-unsaturated/α-hetero) is 1. The van der Waals surface area contributed by atoms with Crippen LogP contribution in [0.4, 0.5) is 0 Å². The Labute approximate surface area is 99.1 Å². The van der Waals surface area contributed by atoms with Crippen LogP contribution in [0.2, 0.25) is 0 Å². The molecule has 0 bridgehead atoms. The van der Waals surface area contributed by atoms with Crippen LogP contribution in [0.25, 0.3) is 0 Å². The summed E-state index contributed by atoms with van der Waals surface area (Å²) in [4.78, 5) is 13.7. The zero-order valence-corrected chi connectivity index (χ0v) is 11.1. The number of ether oxygens (including phenoxy) is 1. The molecule has 0 atom stereocenters. The summed E-state index contributed by atoms with van der Waals surface area (Å²) < 4.78 is 5.35. The van der Waals surface area contributed by atoms with Gasteiger partial charge < -0.3 is 9.64 Å². The second kappa shape index (κ2) is 5.78. The van der Waals surface area contributed by atoms with Crippen LogP contribution in [-0.2, 0) is 9.53 Å². The number of nitrogens with zero attached hydrogens (tertiary/aromatic N) is 1. The van der Waals surface area contributed by atoms with E-state index in [-0.39, 0.29) is 11.2 Å². The number of hydrogen-bond acceptors (Lipinski definition) is 3. The Morgan fingerprint density at radius 3 is 2.44 bits per heavy atom. The standard InChI is InChI=1S/C13H25NO2/c1-11(15)13(2,3)10-14(4)9-12-5-7-16-8-6-12/h12H,5-10H2,1-4H3. The SMILES string of the molecule is CC(=O)C(C)(C)CN(C)CC1CCOCC1. The highest BCUT2D eigenvalue weighted by molar-refractivity contribution is 5.81. The van der Waals surface area contributed by atoms with E-state index in [0.29, 0.717) is 0 Å². The minimum Gasteiger partial charge on any atom is -0.381 e. The van der Waals surface area contributed by atoms with E-state index < -0.39 is 0 Å². The number of rotatable bonds is 5. The number of ketones is 1. The van der Waals surface area contributed by atoms with Gasteiger partial charge in [0.15, 0.2) is 0 Å². The van der Waals surface area contributed by atoms with Gasteiger partial charge in [0.1, 0.15) is 5.78 Å². The van der Waals surface area contributed by atoms with Crippen molar-refractivity contribution < 1.29 is 9.53 Å². The highest BCUT2D eigenvalue weighted by Gasteiger charge is 2.26. The van der Waals surface area contributed by atoms with E-state index in [2.05, 4.69) is 11.9 Å². The molecule has 1 aliphatic heterocycles. The molecule has 3 heteroatoms. The molecule has 1 saturated heterocycles. The van der Waals surface area contributed by atoms with E-state index in [1.807, 2.05) is 13.8 Å². The van der Waals surface area contributed by atoms with Crippen LogP contribution < -0.4 is 0 Å². The van der Waals surface area contributed by atoms with Gasteiger partial charge in [-0.25, -0.2) is 0 Å². The Morgan fingerprint density at radius 1 is 1.38 bits per heavy atom. The number of hydrogen-bond donors (Lipinski definition) is 0. The summed E-state index contributed by atoms with van der Waals surface area (Å²) in [5.41, 5.74) is -0.222. The maximum absolute atomic E-state index is 11.4. The van der Waals surface area contributed by atoms with Crippen molar-refractivity contribution in [1.82, 2.24) is 4.90 Å². The molecular formula is C13H25NO2. The van der Waals surface area contributed by atoms with E-state index in [1.54, 1.807) is 6.92 Å². The summed E-state index contributed by atoms with van der Waals surface area (Å²) in [6.07, 6.45) is 2.32. The Hall–Kier alpha value is -0.410. The molecule has 0 unspecified atom stereocenters. The van der Waals surface area contributed by atoms with Crippen LogP contribution in [0.15, 0.2) is 0 Å². The van der Waals surface area contributed by atoms with E-state index >= 15 is 0 Å². The van der Waals surface area contributed by atoms with Crippen molar-refractivity contribution >= 4 is 5.78 Å². The topological polar surface area (TPSA) is 29.5 Å². The van der Waals surface area contributed by atoms with Crippen LogP contribution in [-0.4, -0.2) is 44.0 Å². The molecule has 94 valence electrons. The van der Waals surface area contributed by atoms with Gasteiger partial charge in [-0.05, 0) is 32.7 Å². The van der Waals surface area contributed by atoms with E-state index in [1.165, 1.54) is 0 Å². The van der Waals surface area contributed by atoms with Gasteiger partial charge in [-0.1, -0.05) is 13.8 Å². The quantitative estimate of drug-likeness (QED) is 0.719. The molecule has 0 aliphatic carbocycles. The Morgan fingerprint density at radius 2 is 1.94 bits per heavy atom. The van der Waals surface area contributed by atoms with Gasteiger partial charge >= 0.3 is 0 Å². The zero-order chi connectivity index (χ0) is 12.2. The number of carbonyl (C=O) groups excluding carboxylic acids is 1. The maximum Gasteiger partial charge on any atom is 0.136 e. The lowest BCUT2D eigenvalue weighted by Crippen LogP contribution is -2.39. The van der Waals surface area contributed by atoms with Gasteiger partial charge in [0.2, 0.25) is 0 Å². The first-order valence-corrected chi connectivity index (χ1v) is 6.19. The molecule has 0 N–H and O–H groups in total. The van der Waals surface area contributed by atoms with Crippen LogP contribution >= 0.6 is 0 Å². The van der Waals surface area contributed by atoms with Crippen molar-refractivity contribution in [2.45, 2.75) is 33.6 Å². The monoisotopic (exact) mass is 227 g/mol. The predicted molar refractivity (Wildman–Crippen MR) is 65.5 cm³/mol. The summed E-state index contributed by atoms with van der Waals surface area (Å²) in [7, 11) is 2.11. The summed E-state index contributed by atoms with van der Waals surface area (Å²) in [6.45, 7) is 9.46. The van der Waals surface area contributed by atoms with Crippen molar-refractivity contribution in [2.24, 2.45) is 11.3 Å². The summed E-state index contributed by atoms with van der Waals surface area (Å²) >= 11 is 0. The van der Waals surface area contributed by atoms with Gasteiger partial charge in [-0.15, -0.1) is 0 Å². The summed E-state index contributed by atoms with van der Waals surface area (Å²) in [5.74, 6) is 1.01. The summed E-state index contributed by atoms with van der Waals surface area (Å²) in [5, 5.41) is 0. The van der Waals surface area contributed by atoms with Crippen LogP contribution in [0.5, 0.6) is 0 Å². The van der Waals surface area contributed by atoms with Crippen molar-refractivity contribution in [3.05, 3.63) is 0 Å². The van der Waals surface area contributed by atoms with Crippen molar-refractivity contribution in [2.75, 3.05) is 33.4 Å².